The summed E-state index contributed by atoms with van der Waals surface area (Å²) < 4.78 is 23.6. The van der Waals surface area contributed by atoms with Gasteiger partial charge in [-0.2, -0.15) is 4.79 Å². The Labute approximate surface area is 138 Å². The molecule has 0 unspecified atom stereocenters. The van der Waals surface area contributed by atoms with Crippen molar-refractivity contribution in [1.82, 2.24) is 0 Å². The molecule has 0 aromatic heterocycles. The largest absolute Gasteiger partial charge is 0.529 e. The lowest BCUT2D eigenvalue weighted by Gasteiger charge is -2.34. The van der Waals surface area contributed by atoms with Gasteiger partial charge < -0.3 is 9.47 Å². The van der Waals surface area contributed by atoms with Crippen LogP contribution in [0.2, 0.25) is 0 Å². The van der Waals surface area contributed by atoms with Crippen LogP contribution in [-0.2, 0) is 4.74 Å². The van der Waals surface area contributed by atoms with Crippen LogP contribution in [0.15, 0.2) is 18.2 Å². The third-order valence-corrected chi connectivity index (χ3v) is 3.94. The predicted octanol–water partition coefficient (Wildman–Crippen LogP) is 2.84. The zero-order chi connectivity index (χ0) is 17.7. The Bertz CT molecular complexity index is 678. The van der Waals surface area contributed by atoms with E-state index in [4.69, 9.17) is 15.9 Å². The predicted molar refractivity (Wildman–Crippen MR) is 82.6 cm³/mol. The van der Waals surface area contributed by atoms with Crippen LogP contribution in [-0.4, -0.2) is 41.3 Å². The lowest BCUT2D eigenvalue weighted by atomic mass is 10.1. The highest BCUT2D eigenvalue weighted by Crippen LogP contribution is 2.31. The van der Waals surface area contributed by atoms with Gasteiger partial charge in [0.2, 0.25) is 0 Å². The summed E-state index contributed by atoms with van der Waals surface area (Å²) in [6.45, 7) is 2.57. The molecule has 24 heavy (non-hydrogen) atoms. The highest BCUT2D eigenvalue weighted by Gasteiger charge is 2.43. The van der Waals surface area contributed by atoms with Crippen LogP contribution in [0, 0.1) is 28.4 Å². The first-order valence-electron chi connectivity index (χ1n) is 7.54. The molecule has 1 saturated heterocycles. The van der Waals surface area contributed by atoms with E-state index in [9.17, 15) is 19.3 Å². The van der Waals surface area contributed by atoms with Crippen LogP contribution in [0.25, 0.3) is 0 Å². The molecule has 128 valence electrons. The van der Waals surface area contributed by atoms with E-state index in [0.29, 0.717) is 25.9 Å². The SMILES string of the molecule is C#C[N+]1(C(=O)OCC)CCC(Oc2ccc(F)cc2[N+](=O)[O-])CC1. The average Bonchev–Trinajstić information content (AvgIpc) is 2.57. The highest BCUT2D eigenvalue weighted by atomic mass is 19.1. The van der Waals surface area contributed by atoms with Gasteiger partial charge in [0, 0.05) is 12.8 Å². The Morgan fingerprint density at radius 2 is 2.17 bits per heavy atom. The summed E-state index contributed by atoms with van der Waals surface area (Å²) in [4.78, 5) is 22.3. The van der Waals surface area contributed by atoms with E-state index in [-0.39, 0.29) is 22.9 Å². The number of hydrogen-bond acceptors (Lipinski definition) is 5. The minimum Gasteiger partial charge on any atom is -0.483 e. The van der Waals surface area contributed by atoms with E-state index < -0.39 is 22.5 Å². The van der Waals surface area contributed by atoms with E-state index in [0.717, 1.165) is 12.1 Å². The lowest BCUT2D eigenvalue weighted by molar-refractivity contribution is -0.797. The number of nitrogens with zero attached hydrogens (tertiary/aromatic N) is 2. The van der Waals surface area contributed by atoms with Crippen LogP contribution in [0.3, 0.4) is 0 Å². The fourth-order valence-corrected chi connectivity index (χ4v) is 2.63. The molecular weight excluding hydrogens is 319 g/mol. The molecule has 0 radical (unpaired) electrons. The Morgan fingerprint density at radius 1 is 1.50 bits per heavy atom. The highest BCUT2D eigenvalue weighted by molar-refractivity contribution is 5.61. The van der Waals surface area contributed by atoms with Crippen molar-refractivity contribution in [3.8, 4) is 18.2 Å². The molecule has 1 amide bonds. The van der Waals surface area contributed by atoms with Gasteiger partial charge in [0.1, 0.15) is 31.1 Å². The summed E-state index contributed by atoms with van der Waals surface area (Å²) in [6.07, 6.45) is 5.53. The minimum atomic E-state index is -0.706. The fraction of sp³-hybridized carbons (Fsp3) is 0.438. The number of rotatable bonds is 4. The second kappa shape index (κ2) is 7.27. The molecule has 1 aliphatic rings. The molecule has 0 N–H and O–H groups in total. The summed E-state index contributed by atoms with van der Waals surface area (Å²) in [7, 11) is 0. The van der Waals surface area contributed by atoms with Gasteiger partial charge in [-0.25, -0.2) is 4.39 Å². The molecule has 8 heteroatoms. The van der Waals surface area contributed by atoms with Crippen LogP contribution < -0.4 is 4.74 Å². The minimum absolute atomic E-state index is 0.00300. The number of benzene rings is 1. The topological polar surface area (TPSA) is 78.7 Å². The number of nitro groups is 1. The molecule has 1 aliphatic heterocycles. The Hall–Kier alpha value is -2.66. The molecule has 0 atom stereocenters. The van der Waals surface area contributed by atoms with Crippen LogP contribution >= 0.6 is 0 Å². The van der Waals surface area contributed by atoms with E-state index >= 15 is 0 Å². The van der Waals surface area contributed by atoms with Crippen molar-refractivity contribution in [2.75, 3.05) is 19.7 Å². The van der Waals surface area contributed by atoms with Gasteiger partial charge in [-0.1, -0.05) is 6.42 Å². The van der Waals surface area contributed by atoms with Crippen molar-refractivity contribution in [3.05, 3.63) is 34.1 Å². The standard InChI is InChI=1S/C16H18FN2O5/c1-3-19(16(20)23-4-2)9-7-13(8-10-19)24-15-6-5-12(17)11-14(15)18(21)22/h1,5-6,11,13H,4,7-10H2,2H3/q+1. The maximum absolute atomic E-state index is 13.2. The van der Waals surface area contributed by atoms with Gasteiger partial charge in [0.15, 0.2) is 5.75 Å². The molecule has 1 aromatic carbocycles. The number of piperidine rings is 1. The van der Waals surface area contributed by atoms with Crippen molar-refractivity contribution in [1.29, 1.82) is 0 Å². The Balaban J connectivity index is 2.07. The van der Waals surface area contributed by atoms with Gasteiger partial charge in [0.25, 0.3) is 0 Å². The van der Waals surface area contributed by atoms with E-state index in [1.54, 1.807) is 6.92 Å². The molecule has 0 saturated carbocycles. The number of likely N-dealkylation sites (tertiary alicyclic amines) is 1. The maximum Gasteiger partial charge on any atom is 0.529 e. The van der Waals surface area contributed by atoms with E-state index in [1.165, 1.54) is 6.07 Å². The number of carbonyl (C=O) groups excluding carboxylic acids is 1. The molecule has 0 spiro atoms. The number of amides is 1. The number of hydrogen-bond donors (Lipinski definition) is 0. The summed E-state index contributed by atoms with van der Waals surface area (Å²) in [5, 5.41) is 11.0. The zero-order valence-corrected chi connectivity index (χ0v) is 13.2. The second-order valence-electron chi connectivity index (χ2n) is 5.43. The number of terminal acetylenes is 1. The average molecular weight is 337 g/mol. The Kier molecular flexibility index (Phi) is 5.36. The first kappa shape index (κ1) is 17.7. The molecule has 2 rings (SSSR count). The third kappa shape index (κ3) is 3.63. The van der Waals surface area contributed by atoms with Crippen LogP contribution in [0.5, 0.6) is 5.75 Å². The Morgan fingerprint density at radius 3 is 2.71 bits per heavy atom. The molecular formula is C16H18FN2O5+. The van der Waals surface area contributed by atoms with Gasteiger partial charge in [-0.05, 0) is 19.1 Å². The quantitative estimate of drug-likeness (QED) is 0.365. The number of carbonyl (C=O) groups is 1. The molecule has 0 bridgehead atoms. The summed E-state index contributed by atoms with van der Waals surface area (Å²) in [5.41, 5.74) is -0.427. The van der Waals surface area contributed by atoms with Crippen molar-refractivity contribution >= 4 is 11.8 Å². The first-order chi connectivity index (χ1) is 11.4. The van der Waals surface area contributed by atoms with Gasteiger partial charge in [-0.3, -0.25) is 10.1 Å². The zero-order valence-electron chi connectivity index (χ0n) is 13.2. The van der Waals surface area contributed by atoms with E-state index in [2.05, 4.69) is 6.04 Å². The molecule has 1 fully saturated rings. The van der Waals surface area contributed by atoms with Gasteiger partial charge >= 0.3 is 11.8 Å². The van der Waals surface area contributed by atoms with Crippen molar-refractivity contribution in [2.24, 2.45) is 0 Å². The normalized spacial score (nSPS) is 23.1. The maximum atomic E-state index is 13.2. The number of halogens is 1. The number of quaternary nitrogens is 1. The monoisotopic (exact) mass is 337 g/mol. The third-order valence-electron chi connectivity index (χ3n) is 3.94. The molecule has 7 nitrogen and oxygen atoms in total. The number of ether oxygens (including phenoxy) is 2. The molecule has 0 aliphatic carbocycles. The fourth-order valence-electron chi connectivity index (χ4n) is 2.63. The van der Waals surface area contributed by atoms with Crippen molar-refractivity contribution < 1.29 is 28.1 Å². The van der Waals surface area contributed by atoms with Crippen molar-refractivity contribution in [3.63, 3.8) is 0 Å². The van der Waals surface area contributed by atoms with Crippen LogP contribution in [0.4, 0.5) is 14.9 Å². The van der Waals surface area contributed by atoms with Crippen molar-refractivity contribution in [2.45, 2.75) is 25.9 Å². The van der Waals surface area contributed by atoms with Crippen LogP contribution in [0.1, 0.15) is 19.8 Å². The summed E-state index contributed by atoms with van der Waals surface area (Å²) in [6, 6.07) is 5.63. The summed E-state index contributed by atoms with van der Waals surface area (Å²) >= 11 is 0. The van der Waals surface area contributed by atoms with E-state index in [1.807, 2.05) is 0 Å². The number of nitro benzene ring substituents is 1. The summed E-state index contributed by atoms with van der Waals surface area (Å²) in [5.74, 6) is -0.703. The first-order valence-corrected chi connectivity index (χ1v) is 7.54. The lowest BCUT2D eigenvalue weighted by Crippen LogP contribution is -2.55. The van der Waals surface area contributed by atoms with Gasteiger partial charge in [0.05, 0.1) is 17.6 Å². The molecule has 1 heterocycles. The molecule has 1 aromatic rings. The smallest absolute Gasteiger partial charge is 0.483 e. The van der Waals surface area contributed by atoms with Gasteiger partial charge in [-0.15, -0.1) is 4.48 Å². The second-order valence-corrected chi connectivity index (χ2v) is 5.43.